The Balaban J connectivity index is 2.24. The average molecular weight is 227 g/mol. The highest BCUT2D eigenvalue weighted by atomic mass is 32.2. The molecule has 14 heavy (non-hydrogen) atoms. The minimum Gasteiger partial charge on any atom is -0.330 e. The van der Waals surface area contributed by atoms with Gasteiger partial charge in [-0.15, -0.1) is 0 Å². The normalized spacial score (nSPS) is 10.1. The Kier molecular flexibility index (Phi) is 5.75. The van der Waals surface area contributed by atoms with Crippen molar-refractivity contribution in [3.05, 3.63) is 35.9 Å². The van der Waals surface area contributed by atoms with Gasteiger partial charge in [0.2, 0.25) is 4.45 Å². The maximum Gasteiger partial charge on any atom is 0.246 e. The summed E-state index contributed by atoms with van der Waals surface area (Å²) in [6, 6.07) is 9.97. The Morgan fingerprint density at radius 1 is 1.21 bits per heavy atom. The van der Waals surface area contributed by atoms with Crippen molar-refractivity contribution in [3.8, 4) is 0 Å². The van der Waals surface area contributed by atoms with Crippen LogP contribution in [0.2, 0.25) is 0 Å². The summed E-state index contributed by atoms with van der Waals surface area (Å²) in [7, 11) is 0. The number of carbonyl (C=O) groups is 1. The Hall–Kier alpha value is -0.450. The van der Waals surface area contributed by atoms with Crippen molar-refractivity contribution in [2.45, 2.75) is 5.75 Å². The molecule has 0 amide bonds. The van der Waals surface area contributed by atoms with Gasteiger partial charge in [-0.25, -0.2) is 0 Å². The predicted octanol–water partition coefficient (Wildman–Crippen LogP) is 2.73. The monoisotopic (exact) mass is 227 g/mol. The molecule has 0 saturated carbocycles. The van der Waals surface area contributed by atoms with E-state index in [1.165, 1.54) is 29.1 Å². The Morgan fingerprint density at radius 3 is 2.57 bits per heavy atom. The topological polar surface area (TPSA) is 43.1 Å². The van der Waals surface area contributed by atoms with Crippen molar-refractivity contribution in [2.24, 2.45) is 5.73 Å². The van der Waals surface area contributed by atoms with Gasteiger partial charge in [-0.3, -0.25) is 4.79 Å². The lowest BCUT2D eigenvalue weighted by molar-refractivity contribution is 0.276. The summed E-state index contributed by atoms with van der Waals surface area (Å²) in [5.74, 6) is 1.46. The second-order valence-corrected chi connectivity index (χ2v) is 4.94. The lowest BCUT2D eigenvalue weighted by Gasteiger charge is -1.99. The van der Waals surface area contributed by atoms with Crippen LogP contribution in [0.25, 0.3) is 0 Å². The van der Waals surface area contributed by atoms with Crippen LogP contribution in [0.4, 0.5) is 4.79 Å². The molecule has 0 aliphatic carbocycles. The van der Waals surface area contributed by atoms with E-state index in [1.54, 1.807) is 0 Å². The minimum atomic E-state index is 0.152. The molecule has 0 spiro atoms. The highest BCUT2D eigenvalue weighted by Gasteiger charge is 2.02. The van der Waals surface area contributed by atoms with Gasteiger partial charge in [0.1, 0.15) is 0 Å². The number of carbonyl (C=O) groups excluding carboxylic acids is 1. The highest BCUT2D eigenvalue weighted by molar-refractivity contribution is 8.38. The van der Waals surface area contributed by atoms with Gasteiger partial charge in [0, 0.05) is 18.1 Å². The summed E-state index contributed by atoms with van der Waals surface area (Å²) in [6.45, 7) is 0.558. The number of rotatable bonds is 4. The lowest BCUT2D eigenvalue weighted by atomic mass is 10.2. The van der Waals surface area contributed by atoms with Crippen LogP contribution in [0.15, 0.2) is 30.3 Å². The Morgan fingerprint density at radius 2 is 1.93 bits per heavy atom. The van der Waals surface area contributed by atoms with Crippen molar-refractivity contribution in [1.82, 2.24) is 0 Å². The summed E-state index contributed by atoms with van der Waals surface area (Å²) in [6.07, 6.45) is 0. The van der Waals surface area contributed by atoms with Crippen LogP contribution in [-0.2, 0) is 5.75 Å². The van der Waals surface area contributed by atoms with Gasteiger partial charge in [-0.05, 0) is 5.56 Å². The van der Waals surface area contributed by atoms with Gasteiger partial charge in [0.15, 0.2) is 0 Å². The van der Waals surface area contributed by atoms with Crippen LogP contribution in [0.5, 0.6) is 0 Å². The van der Waals surface area contributed by atoms with Crippen LogP contribution < -0.4 is 5.73 Å². The molecule has 0 bridgehead atoms. The maximum atomic E-state index is 11.2. The zero-order valence-electron chi connectivity index (χ0n) is 7.81. The third kappa shape index (κ3) is 4.69. The van der Waals surface area contributed by atoms with Gasteiger partial charge in [0.05, 0.1) is 0 Å². The third-order valence-electron chi connectivity index (χ3n) is 1.54. The van der Waals surface area contributed by atoms with Crippen molar-refractivity contribution in [1.29, 1.82) is 0 Å². The first kappa shape index (κ1) is 11.6. The van der Waals surface area contributed by atoms with Crippen molar-refractivity contribution < 1.29 is 4.79 Å². The van der Waals surface area contributed by atoms with Gasteiger partial charge in [-0.1, -0.05) is 53.9 Å². The van der Waals surface area contributed by atoms with Crippen molar-refractivity contribution in [3.63, 3.8) is 0 Å². The van der Waals surface area contributed by atoms with E-state index >= 15 is 0 Å². The molecule has 0 aromatic heterocycles. The lowest BCUT2D eigenvalue weighted by Crippen LogP contribution is -2.02. The van der Waals surface area contributed by atoms with Crippen molar-refractivity contribution in [2.75, 3.05) is 12.3 Å². The summed E-state index contributed by atoms with van der Waals surface area (Å²) in [5.41, 5.74) is 6.48. The molecule has 2 N–H and O–H groups in total. The van der Waals surface area contributed by atoms with E-state index in [-0.39, 0.29) is 4.45 Å². The summed E-state index contributed by atoms with van der Waals surface area (Å²) in [4.78, 5) is 11.2. The number of nitrogens with two attached hydrogens (primary N) is 1. The number of hydrogen-bond donors (Lipinski definition) is 1. The maximum absolute atomic E-state index is 11.2. The molecular weight excluding hydrogens is 214 g/mol. The molecule has 0 saturated heterocycles. The molecule has 1 aromatic rings. The number of hydrogen-bond acceptors (Lipinski definition) is 4. The fraction of sp³-hybridized carbons (Fsp3) is 0.300. The fourth-order valence-corrected chi connectivity index (χ4v) is 2.42. The van der Waals surface area contributed by atoms with Crippen molar-refractivity contribution >= 4 is 28.0 Å². The number of benzene rings is 1. The molecule has 1 rings (SSSR count). The van der Waals surface area contributed by atoms with Gasteiger partial charge in [-0.2, -0.15) is 0 Å². The smallest absolute Gasteiger partial charge is 0.246 e. The van der Waals surface area contributed by atoms with E-state index in [0.717, 1.165) is 5.75 Å². The molecule has 4 heteroatoms. The van der Waals surface area contributed by atoms with Crippen LogP contribution in [0.1, 0.15) is 5.56 Å². The molecule has 0 heterocycles. The molecule has 0 unspecified atom stereocenters. The summed E-state index contributed by atoms with van der Waals surface area (Å²) in [5, 5.41) is 0. The SMILES string of the molecule is NCCSC(=O)SCc1ccccc1. The molecule has 0 atom stereocenters. The molecule has 0 fully saturated rings. The van der Waals surface area contributed by atoms with Gasteiger partial charge >= 0.3 is 0 Å². The molecule has 0 aliphatic rings. The first-order valence-electron chi connectivity index (χ1n) is 4.36. The van der Waals surface area contributed by atoms with E-state index in [4.69, 9.17) is 5.73 Å². The van der Waals surface area contributed by atoms with E-state index in [0.29, 0.717) is 12.3 Å². The van der Waals surface area contributed by atoms with Gasteiger partial charge in [0.25, 0.3) is 0 Å². The van der Waals surface area contributed by atoms with E-state index in [1.807, 2.05) is 30.3 Å². The standard InChI is InChI=1S/C10H13NOS2/c11-6-7-13-10(12)14-8-9-4-2-1-3-5-9/h1-5H,6-8,11H2. The second-order valence-electron chi connectivity index (χ2n) is 2.66. The molecule has 0 aliphatic heterocycles. The predicted molar refractivity (Wildman–Crippen MR) is 64.6 cm³/mol. The Labute approximate surface area is 92.6 Å². The minimum absolute atomic E-state index is 0.152. The summed E-state index contributed by atoms with van der Waals surface area (Å²) >= 11 is 2.63. The molecule has 2 nitrogen and oxygen atoms in total. The van der Waals surface area contributed by atoms with Crippen LogP contribution in [0.3, 0.4) is 0 Å². The first-order valence-corrected chi connectivity index (χ1v) is 6.33. The third-order valence-corrected chi connectivity index (χ3v) is 3.63. The number of thioether (sulfide) groups is 2. The highest BCUT2D eigenvalue weighted by Crippen LogP contribution is 2.20. The fourth-order valence-electron chi connectivity index (χ4n) is 0.900. The van der Waals surface area contributed by atoms with Gasteiger partial charge < -0.3 is 5.73 Å². The van der Waals surface area contributed by atoms with Crippen LogP contribution in [-0.4, -0.2) is 16.7 Å². The molecule has 0 radical (unpaired) electrons. The van der Waals surface area contributed by atoms with E-state index in [2.05, 4.69) is 0 Å². The Bertz CT molecular complexity index is 277. The quantitative estimate of drug-likeness (QED) is 0.859. The van der Waals surface area contributed by atoms with E-state index < -0.39 is 0 Å². The second kappa shape index (κ2) is 6.92. The van der Waals surface area contributed by atoms with E-state index in [9.17, 15) is 4.79 Å². The zero-order chi connectivity index (χ0) is 10.2. The van der Waals surface area contributed by atoms with Crippen LogP contribution >= 0.6 is 23.5 Å². The summed E-state index contributed by atoms with van der Waals surface area (Å²) < 4.78 is 0.152. The average Bonchev–Trinajstić information content (AvgIpc) is 2.25. The molecule has 1 aromatic carbocycles. The molecule has 76 valence electrons. The first-order chi connectivity index (χ1) is 6.83. The molecular formula is C10H13NOS2. The largest absolute Gasteiger partial charge is 0.330 e. The van der Waals surface area contributed by atoms with Crippen LogP contribution in [0, 0.1) is 0 Å². The zero-order valence-corrected chi connectivity index (χ0v) is 9.44.